The van der Waals surface area contributed by atoms with Gasteiger partial charge < -0.3 is 14.8 Å². The zero-order valence-electron chi connectivity index (χ0n) is 13.7. The summed E-state index contributed by atoms with van der Waals surface area (Å²) in [6.07, 6.45) is -0.942. The molecule has 2 rings (SSSR count). The lowest BCUT2D eigenvalue weighted by molar-refractivity contribution is 0.131. The molecule has 3 nitrogen and oxygen atoms in total. The molecule has 0 aliphatic rings. The van der Waals surface area contributed by atoms with Crippen molar-refractivity contribution in [2.45, 2.75) is 24.8 Å². The molecule has 0 bridgehead atoms. The highest BCUT2D eigenvalue weighted by Gasteiger charge is 2.44. The van der Waals surface area contributed by atoms with Crippen molar-refractivity contribution in [3.8, 4) is 0 Å². The third-order valence-electron chi connectivity index (χ3n) is 4.12. The molecule has 3 atom stereocenters. The van der Waals surface area contributed by atoms with Crippen LogP contribution in [-0.2, 0) is 4.57 Å². The first-order valence-electron chi connectivity index (χ1n) is 7.78. The summed E-state index contributed by atoms with van der Waals surface area (Å²) >= 11 is 0. The average molecular weight is 342 g/mol. The van der Waals surface area contributed by atoms with Crippen LogP contribution in [0.1, 0.15) is 6.92 Å². The first kappa shape index (κ1) is 18.4. The molecule has 2 N–H and O–H groups in total. The van der Waals surface area contributed by atoms with Crippen molar-refractivity contribution in [3.63, 3.8) is 0 Å². The highest BCUT2D eigenvalue weighted by atomic mass is 31.2. The SMILES string of the molecule is C=C[C@@H](O)[C@H]([C@H](O)C(=C)C)P(=O)(c1ccccc1)c1ccccc1. The maximum atomic E-state index is 14.3. The summed E-state index contributed by atoms with van der Waals surface area (Å²) < 4.78 is 14.3. The Bertz CT molecular complexity index is 696. The summed E-state index contributed by atoms with van der Waals surface area (Å²) in [4.78, 5) is 0. The predicted molar refractivity (Wildman–Crippen MR) is 101 cm³/mol. The standard InChI is InChI=1S/C20H23O3P/c1-4-18(21)20(19(22)15(2)3)24(23,16-11-7-5-8-12-16)17-13-9-6-10-14-17/h4-14,18-22H,1-2H2,3H3/t18-,19-,20-/m1/s1. The Morgan fingerprint density at radius 2 is 1.42 bits per heavy atom. The van der Waals surface area contributed by atoms with Crippen molar-refractivity contribution in [2.75, 3.05) is 0 Å². The van der Waals surface area contributed by atoms with Gasteiger partial charge in [0, 0.05) is 10.6 Å². The van der Waals surface area contributed by atoms with E-state index in [0.717, 1.165) is 0 Å². The Morgan fingerprint density at radius 3 is 1.75 bits per heavy atom. The van der Waals surface area contributed by atoms with Crippen LogP contribution >= 0.6 is 7.14 Å². The first-order chi connectivity index (χ1) is 11.4. The smallest absolute Gasteiger partial charge is 0.151 e. The van der Waals surface area contributed by atoms with Gasteiger partial charge in [-0.2, -0.15) is 0 Å². The Labute approximate surface area is 143 Å². The van der Waals surface area contributed by atoms with E-state index in [1.807, 2.05) is 12.1 Å². The van der Waals surface area contributed by atoms with Crippen molar-refractivity contribution in [1.82, 2.24) is 0 Å². The van der Waals surface area contributed by atoms with E-state index in [9.17, 15) is 14.8 Å². The molecule has 4 heteroatoms. The third kappa shape index (κ3) is 3.44. The maximum absolute atomic E-state index is 14.3. The quantitative estimate of drug-likeness (QED) is 0.601. The zero-order chi connectivity index (χ0) is 17.7. The van der Waals surface area contributed by atoms with E-state index in [0.29, 0.717) is 16.2 Å². The summed E-state index contributed by atoms with van der Waals surface area (Å²) in [6.45, 7) is 9.05. The predicted octanol–water partition coefficient (Wildman–Crippen LogP) is 2.85. The van der Waals surface area contributed by atoms with Crippen LogP contribution in [0.4, 0.5) is 0 Å². The van der Waals surface area contributed by atoms with Gasteiger partial charge in [0.25, 0.3) is 0 Å². The molecular weight excluding hydrogens is 319 g/mol. The molecule has 0 saturated carbocycles. The number of rotatable bonds is 7. The van der Waals surface area contributed by atoms with E-state index in [1.54, 1.807) is 55.5 Å². The number of benzene rings is 2. The van der Waals surface area contributed by atoms with Crippen molar-refractivity contribution < 1.29 is 14.8 Å². The molecule has 0 aromatic heterocycles. The molecule has 2 aromatic carbocycles. The molecule has 0 spiro atoms. The van der Waals surface area contributed by atoms with E-state index in [4.69, 9.17) is 0 Å². The highest BCUT2D eigenvalue weighted by molar-refractivity contribution is 7.79. The van der Waals surface area contributed by atoms with Crippen molar-refractivity contribution in [2.24, 2.45) is 0 Å². The third-order valence-corrected chi connectivity index (χ3v) is 7.68. The number of hydrogen-bond donors (Lipinski definition) is 2. The van der Waals surface area contributed by atoms with Gasteiger partial charge in [0.2, 0.25) is 0 Å². The Morgan fingerprint density at radius 1 is 1.00 bits per heavy atom. The highest BCUT2D eigenvalue weighted by Crippen LogP contribution is 2.52. The van der Waals surface area contributed by atoms with Gasteiger partial charge in [-0.05, 0) is 6.92 Å². The Balaban J connectivity index is 2.75. The molecule has 0 aliphatic heterocycles. The molecule has 126 valence electrons. The van der Waals surface area contributed by atoms with Gasteiger partial charge in [0.15, 0.2) is 7.14 Å². The molecule has 0 fully saturated rings. The number of aliphatic hydroxyl groups excluding tert-OH is 2. The first-order valence-corrected chi connectivity index (χ1v) is 9.55. The monoisotopic (exact) mass is 342 g/mol. The summed E-state index contributed by atoms with van der Waals surface area (Å²) in [6, 6.07) is 17.9. The van der Waals surface area contributed by atoms with Gasteiger partial charge in [0.05, 0.1) is 17.9 Å². The van der Waals surface area contributed by atoms with E-state index in [-0.39, 0.29) is 0 Å². The van der Waals surface area contributed by atoms with Crippen LogP contribution < -0.4 is 10.6 Å². The minimum atomic E-state index is -3.35. The molecule has 0 saturated heterocycles. The van der Waals surface area contributed by atoms with Gasteiger partial charge >= 0.3 is 0 Å². The normalized spacial score (nSPS) is 15.3. The summed E-state index contributed by atoms with van der Waals surface area (Å²) in [5.41, 5.74) is -0.495. The molecule has 0 unspecified atom stereocenters. The van der Waals surface area contributed by atoms with Gasteiger partial charge in [-0.1, -0.05) is 78.9 Å². The molecule has 24 heavy (non-hydrogen) atoms. The second-order valence-electron chi connectivity index (χ2n) is 5.84. The van der Waals surface area contributed by atoms with E-state index >= 15 is 0 Å². The Kier molecular flexibility index (Phi) is 5.95. The molecule has 0 amide bonds. The van der Waals surface area contributed by atoms with Gasteiger partial charge in [-0.15, -0.1) is 6.58 Å². The van der Waals surface area contributed by atoms with E-state index in [1.165, 1.54) is 6.08 Å². The lowest BCUT2D eigenvalue weighted by Crippen LogP contribution is -2.42. The second kappa shape index (κ2) is 7.76. The zero-order valence-corrected chi connectivity index (χ0v) is 14.6. The van der Waals surface area contributed by atoms with Gasteiger partial charge in [0.1, 0.15) is 0 Å². The summed E-state index contributed by atoms with van der Waals surface area (Å²) in [7, 11) is -3.35. The van der Waals surface area contributed by atoms with Gasteiger partial charge in [-0.3, -0.25) is 0 Å². The lowest BCUT2D eigenvalue weighted by atomic mass is 10.1. The largest absolute Gasteiger partial charge is 0.388 e. The topological polar surface area (TPSA) is 57.5 Å². The fourth-order valence-corrected chi connectivity index (χ4v) is 6.24. The Hall–Kier alpha value is -1.93. The molecule has 2 aromatic rings. The van der Waals surface area contributed by atoms with Crippen molar-refractivity contribution >= 4 is 17.8 Å². The van der Waals surface area contributed by atoms with Crippen LogP contribution in [0.5, 0.6) is 0 Å². The summed E-state index contributed by atoms with van der Waals surface area (Å²) in [5.74, 6) is 0. The van der Waals surface area contributed by atoms with Crippen LogP contribution in [0.3, 0.4) is 0 Å². The minimum Gasteiger partial charge on any atom is -0.388 e. The van der Waals surface area contributed by atoms with Crippen LogP contribution in [0.2, 0.25) is 0 Å². The van der Waals surface area contributed by atoms with E-state index in [2.05, 4.69) is 13.2 Å². The van der Waals surface area contributed by atoms with Crippen molar-refractivity contribution in [3.05, 3.63) is 85.5 Å². The molecule has 0 heterocycles. The molecular formula is C20H23O3P. The van der Waals surface area contributed by atoms with Gasteiger partial charge in [-0.25, -0.2) is 0 Å². The number of aliphatic hydroxyl groups is 2. The molecule has 0 radical (unpaired) electrons. The number of hydrogen-bond acceptors (Lipinski definition) is 3. The van der Waals surface area contributed by atoms with E-state index < -0.39 is 25.0 Å². The fraction of sp³-hybridized carbons (Fsp3) is 0.200. The van der Waals surface area contributed by atoms with Crippen LogP contribution in [0.25, 0.3) is 0 Å². The van der Waals surface area contributed by atoms with Crippen LogP contribution in [0, 0.1) is 0 Å². The van der Waals surface area contributed by atoms with Crippen molar-refractivity contribution in [1.29, 1.82) is 0 Å². The second-order valence-corrected chi connectivity index (χ2v) is 8.78. The average Bonchev–Trinajstić information content (AvgIpc) is 2.62. The van der Waals surface area contributed by atoms with Crippen LogP contribution in [0.15, 0.2) is 85.5 Å². The fourth-order valence-electron chi connectivity index (χ4n) is 2.82. The van der Waals surface area contributed by atoms with Crippen LogP contribution in [-0.4, -0.2) is 28.1 Å². The summed E-state index contributed by atoms with van der Waals surface area (Å²) in [5, 5.41) is 22.3. The minimum absolute atomic E-state index is 0.452. The lowest BCUT2D eigenvalue weighted by Gasteiger charge is -2.34. The maximum Gasteiger partial charge on any atom is 0.151 e. The molecule has 0 aliphatic carbocycles.